The smallest absolute Gasteiger partial charge is 0.308 e. The van der Waals surface area contributed by atoms with Gasteiger partial charge in [0.05, 0.1) is 17.4 Å². The van der Waals surface area contributed by atoms with Crippen LogP contribution in [0.1, 0.15) is 33.9 Å². The third kappa shape index (κ3) is 6.59. The number of aryl methyl sites for hydroxylation is 1. The van der Waals surface area contributed by atoms with Crippen LogP contribution in [-0.4, -0.2) is 26.8 Å². The van der Waals surface area contributed by atoms with Gasteiger partial charge in [0.25, 0.3) is 0 Å². The number of hydrogen-bond acceptors (Lipinski definition) is 5. The van der Waals surface area contributed by atoms with E-state index in [1.54, 1.807) is 66.7 Å². The summed E-state index contributed by atoms with van der Waals surface area (Å²) in [4.78, 5) is 24.8. The number of sulfonamides is 1. The van der Waals surface area contributed by atoms with Crippen LogP contribution in [0.3, 0.4) is 0 Å². The van der Waals surface area contributed by atoms with E-state index in [0.29, 0.717) is 11.1 Å². The highest BCUT2D eigenvalue weighted by Gasteiger charge is 2.24. The van der Waals surface area contributed by atoms with Crippen molar-refractivity contribution in [2.45, 2.75) is 24.3 Å². The molecule has 3 aromatic rings. The van der Waals surface area contributed by atoms with Gasteiger partial charge < -0.3 is 4.74 Å². The second kappa shape index (κ2) is 10.7. The van der Waals surface area contributed by atoms with Crippen molar-refractivity contribution in [2.75, 3.05) is 6.61 Å². The van der Waals surface area contributed by atoms with Gasteiger partial charge in [-0.3, -0.25) is 9.59 Å². The SMILES string of the molecule is Cc1ccc(S(=O)(=O)N[C@H](CC(=O)OCC(=O)c2ccc(Br)cc2)c2ccccc2)cc1. The molecule has 0 fully saturated rings. The molecule has 0 radical (unpaired) electrons. The van der Waals surface area contributed by atoms with E-state index in [1.807, 2.05) is 6.92 Å². The van der Waals surface area contributed by atoms with Crippen molar-refractivity contribution in [1.82, 2.24) is 4.72 Å². The second-order valence-corrected chi connectivity index (χ2v) is 9.82. The Kier molecular flexibility index (Phi) is 7.95. The molecule has 0 unspecified atom stereocenters. The Morgan fingerprint density at radius 3 is 2.19 bits per heavy atom. The molecule has 0 aliphatic heterocycles. The van der Waals surface area contributed by atoms with E-state index in [1.165, 1.54) is 12.1 Å². The van der Waals surface area contributed by atoms with E-state index in [9.17, 15) is 18.0 Å². The quantitative estimate of drug-likeness (QED) is 0.332. The van der Waals surface area contributed by atoms with Crippen molar-refractivity contribution in [3.05, 3.63) is 100 Å². The minimum absolute atomic E-state index is 0.0998. The topological polar surface area (TPSA) is 89.5 Å². The van der Waals surface area contributed by atoms with E-state index in [-0.39, 0.29) is 17.1 Å². The summed E-state index contributed by atoms with van der Waals surface area (Å²) in [6, 6.07) is 21.0. The average Bonchev–Trinajstić information content (AvgIpc) is 2.78. The predicted molar refractivity (Wildman–Crippen MR) is 125 cm³/mol. The maximum absolute atomic E-state index is 12.9. The highest BCUT2D eigenvalue weighted by Crippen LogP contribution is 2.21. The Bertz CT molecular complexity index is 1180. The van der Waals surface area contributed by atoms with Gasteiger partial charge >= 0.3 is 5.97 Å². The van der Waals surface area contributed by atoms with Crippen molar-refractivity contribution in [3.8, 4) is 0 Å². The number of esters is 1. The van der Waals surface area contributed by atoms with Crippen molar-refractivity contribution >= 4 is 37.7 Å². The van der Waals surface area contributed by atoms with Crippen LogP contribution >= 0.6 is 15.9 Å². The van der Waals surface area contributed by atoms with Crippen LogP contribution in [0.4, 0.5) is 0 Å². The molecule has 166 valence electrons. The Hall–Kier alpha value is -2.81. The molecule has 0 aliphatic carbocycles. The minimum atomic E-state index is -3.88. The van der Waals surface area contributed by atoms with Gasteiger partial charge in [0.1, 0.15) is 0 Å². The van der Waals surface area contributed by atoms with Crippen molar-refractivity contribution in [1.29, 1.82) is 0 Å². The molecular formula is C24H22BrNO5S. The number of rotatable bonds is 9. The van der Waals surface area contributed by atoms with Gasteiger partial charge in [0.2, 0.25) is 10.0 Å². The first-order valence-corrected chi connectivity index (χ1v) is 12.1. The van der Waals surface area contributed by atoms with Crippen LogP contribution in [0.5, 0.6) is 0 Å². The standard InChI is InChI=1S/C24H22BrNO5S/c1-17-7-13-21(14-8-17)32(29,30)26-22(18-5-3-2-4-6-18)15-24(28)31-16-23(27)19-9-11-20(25)12-10-19/h2-14,22,26H,15-16H2,1H3/t22-/m1/s1. The number of benzene rings is 3. The van der Waals surface area contributed by atoms with Crippen molar-refractivity contribution in [2.24, 2.45) is 0 Å². The molecule has 0 spiro atoms. The number of nitrogens with one attached hydrogen (secondary N) is 1. The fourth-order valence-electron chi connectivity index (χ4n) is 2.98. The van der Waals surface area contributed by atoms with Gasteiger partial charge in [-0.25, -0.2) is 13.1 Å². The molecule has 8 heteroatoms. The molecule has 32 heavy (non-hydrogen) atoms. The molecule has 3 aromatic carbocycles. The molecule has 0 saturated heterocycles. The summed E-state index contributed by atoms with van der Waals surface area (Å²) < 4.78 is 34.3. The first-order chi connectivity index (χ1) is 15.2. The second-order valence-electron chi connectivity index (χ2n) is 7.19. The zero-order valence-corrected chi connectivity index (χ0v) is 19.7. The number of halogens is 1. The van der Waals surface area contributed by atoms with E-state index in [2.05, 4.69) is 20.7 Å². The van der Waals surface area contributed by atoms with E-state index < -0.39 is 28.6 Å². The summed E-state index contributed by atoms with van der Waals surface area (Å²) in [5, 5.41) is 0. The fourth-order valence-corrected chi connectivity index (χ4v) is 4.47. The maximum atomic E-state index is 12.9. The lowest BCUT2D eigenvalue weighted by atomic mass is 10.1. The third-order valence-electron chi connectivity index (χ3n) is 4.73. The minimum Gasteiger partial charge on any atom is -0.457 e. The lowest BCUT2D eigenvalue weighted by Gasteiger charge is -2.19. The number of Topliss-reactive ketones (excluding diaryl/α,β-unsaturated/α-hetero) is 1. The van der Waals surface area contributed by atoms with Gasteiger partial charge in [-0.2, -0.15) is 0 Å². The van der Waals surface area contributed by atoms with Crippen LogP contribution in [0.25, 0.3) is 0 Å². The van der Waals surface area contributed by atoms with Gasteiger partial charge in [0, 0.05) is 10.0 Å². The van der Waals surface area contributed by atoms with Gasteiger partial charge in [-0.05, 0) is 36.8 Å². The summed E-state index contributed by atoms with van der Waals surface area (Å²) in [5.74, 6) is -1.03. The molecular weight excluding hydrogens is 494 g/mol. The molecule has 1 atom stereocenters. The third-order valence-corrected chi connectivity index (χ3v) is 6.75. The lowest BCUT2D eigenvalue weighted by Crippen LogP contribution is -2.31. The van der Waals surface area contributed by atoms with Gasteiger partial charge in [-0.15, -0.1) is 0 Å². The number of hydrogen-bond donors (Lipinski definition) is 1. The summed E-state index contributed by atoms with van der Waals surface area (Å²) in [6.45, 7) is 1.44. The molecule has 1 N–H and O–H groups in total. The number of carbonyl (C=O) groups is 2. The fraction of sp³-hybridized carbons (Fsp3) is 0.167. The van der Waals surface area contributed by atoms with E-state index in [0.717, 1.165) is 10.0 Å². The van der Waals surface area contributed by atoms with Crippen LogP contribution in [0.2, 0.25) is 0 Å². The zero-order valence-electron chi connectivity index (χ0n) is 17.3. The summed E-state index contributed by atoms with van der Waals surface area (Å²) in [5.41, 5.74) is 1.96. The summed E-state index contributed by atoms with van der Waals surface area (Å²) in [6.07, 6.45) is -0.261. The van der Waals surface area contributed by atoms with Crippen molar-refractivity contribution in [3.63, 3.8) is 0 Å². The molecule has 0 amide bonds. The maximum Gasteiger partial charge on any atom is 0.308 e. The monoisotopic (exact) mass is 515 g/mol. The van der Waals surface area contributed by atoms with Gasteiger partial charge in [0.15, 0.2) is 12.4 Å². The summed E-state index contributed by atoms with van der Waals surface area (Å²) in [7, 11) is -3.88. The number of carbonyl (C=O) groups excluding carboxylic acids is 2. The highest BCUT2D eigenvalue weighted by molar-refractivity contribution is 9.10. The highest BCUT2D eigenvalue weighted by atomic mass is 79.9. The number of ether oxygens (including phenoxy) is 1. The van der Waals surface area contributed by atoms with Crippen LogP contribution in [-0.2, 0) is 19.6 Å². The van der Waals surface area contributed by atoms with Crippen molar-refractivity contribution < 1.29 is 22.7 Å². The lowest BCUT2D eigenvalue weighted by molar-refractivity contribution is -0.143. The number of ketones is 1. The largest absolute Gasteiger partial charge is 0.457 e. The Balaban J connectivity index is 1.70. The molecule has 3 rings (SSSR count). The van der Waals surface area contributed by atoms with E-state index >= 15 is 0 Å². The molecule has 6 nitrogen and oxygen atoms in total. The molecule has 0 aliphatic rings. The molecule has 0 heterocycles. The average molecular weight is 516 g/mol. The van der Waals surface area contributed by atoms with Crippen LogP contribution in [0.15, 0.2) is 88.2 Å². The molecule has 0 bridgehead atoms. The normalized spacial score (nSPS) is 12.2. The molecule has 0 aromatic heterocycles. The Labute approximate surface area is 195 Å². The first-order valence-electron chi connectivity index (χ1n) is 9.83. The zero-order chi connectivity index (χ0) is 23.1. The molecule has 0 saturated carbocycles. The van der Waals surface area contributed by atoms with Crippen LogP contribution < -0.4 is 4.72 Å². The Morgan fingerprint density at radius 1 is 0.938 bits per heavy atom. The van der Waals surface area contributed by atoms with Gasteiger partial charge in [-0.1, -0.05) is 76.1 Å². The first kappa shape index (κ1) is 23.8. The van der Waals surface area contributed by atoms with E-state index in [4.69, 9.17) is 4.74 Å². The Morgan fingerprint density at radius 2 is 1.56 bits per heavy atom. The summed E-state index contributed by atoms with van der Waals surface area (Å²) >= 11 is 3.30. The predicted octanol–water partition coefficient (Wildman–Crippen LogP) is 4.59. The van der Waals surface area contributed by atoms with Crippen LogP contribution in [0, 0.1) is 6.92 Å².